The molecule has 4 aliphatic heterocycles. The van der Waals surface area contributed by atoms with Crippen molar-refractivity contribution in [2.24, 2.45) is 0 Å². The molecular weight excluding hydrogens is 559 g/mol. The highest BCUT2D eigenvalue weighted by Crippen LogP contribution is 2.47. The van der Waals surface area contributed by atoms with Gasteiger partial charge in [-0.1, -0.05) is 0 Å². The third-order valence-corrected chi connectivity index (χ3v) is 9.63. The van der Waals surface area contributed by atoms with E-state index in [2.05, 4.69) is 21.3 Å². The minimum Gasteiger partial charge on any atom is -0.461 e. The van der Waals surface area contributed by atoms with Crippen molar-refractivity contribution in [1.82, 2.24) is 15.3 Å². The van der Waals surface area contributed by atoms with Gasteiger partial charge < -0.3 is 34.9 Å². The van der Waals surface area contributed by atoms with Crippen LogP contribution in [0, 0.1) is 17.1 Å². The van der Waals surface area contributed by atoms with Gasteiger partial charge in [0.15, 0.2) is 5.82 Å². The number of piperazine rings is 1. The summed E-state index contributed by atoms with van der Waals surface area (Å²) in [7, 11) is 0. The zero-order valence-corrected chi connectivity index (χ0v) is 23.6. The predicted molar refractivity (Wildman–Crippen MR) is 156 cm³/mol. The van der Waals surface area contributed by atoms with E-state index < -0.39 is 5.82 Å². The van der Waals surface area contributed by atoms with Crippen molar-refractivity contribution in [2.75, 3.05) is 50.2 Å². The Morgan fingerprint density at radius 1 is 1.12 bits per heavy atom. The van der Waals surface area contributed by atoms with E-state index in [-0.39, 0.29) is 42.9 Å². The molecule has 8 rings (SSSR count). The van der Waals surface area contributed by atoms with Crippen LogP contribution in [0.15, 0.2) is 18.2 Å². The topological polar surface area (TPSA) is 128 Å². The molecule has 2 aromatic heterocycles. The maximum Gasteiger partial charge on any atom is 0.319 e. The number of nitriles is 1. The van der Waals surface area contributed by atoms with Gasteiger partial charge in [0, 0.05) is 40.8 Å². The fourth-order valence-electron chi connectivity index (χ4n) is 6.88. The number of aromatic nitrogens is 2. The fraction of sp³-hybridized carbons (Fsp3) is 0.433. The summed E-state index contributed by atoms with van der Waals surface area (Å²) in [6.07, 6.45) is 1.81. The number of halogens is 1. The lowest BCUT2D eigenvalue weighted by molar-refractivity contribution is -0.102. The molecule has 3 fully saturated rings. The maximum absolute atomic E-state index is 17.1. The van der Waals surface area contributed by atoms with Crippen LogP contribution < -0.4 is 20.7 Å². The van der Waals surface area contributed by atoms with Crippen LogP contribution >= 0.6 is 11.3 Å². The first-order chi connectivity index (χ1) is 20.6. The molecule has 216 valence electrons. The summed E-state index contributed by atoms with van der Waals surface area (Å²) in [5.74, 6) is 0.205. The van der Waals surface area contributed by atoms with E-state index >= 15 is 4.39 Å². The van der Waals surface area contributed by atoms with Crippen molar-refractivity contribution < 1.29 is 23.3 Å². The van der Waals surface area contributed by atoms with E-state index in [0.717, 1.165) is 47.1 Å². The van der Waals surface area contributed by atoms with Crippen LogP contribution in [0.2, 0.25) is 0 Å². The number of nitrogens with two attached hydrogens (primary N) is 1. The molecular formula is C30H29FN6O4S. The molecule has 0 radical (unpaired) electrons. The van der Waals surface area contributed by atoms with Crippen molar-refractivity contribution in [3.63, 3.8) is 0 Å². The highest BCUT2D eigenvalue weighted by atomic mass is 32.1. The van der Waals surface area contributed by atoms with Crippen molar-refractivity contribution in [3.05, 3.63) is 40.7 Å². The van der Waals surface area contributed by atoms with Gasteiger partial charge in [-0.25, -0.2) is 4.39 Å². The normalized spacial score (nSPS) is 23.4. The minimum atomic E-state index is -0.483. The summed E-state index contributed by atoms with van der Waals surface area (Å²) in [5, 5.41) is 15.4. The Balaban J connectivity index is 1.36. The predicted octanol–water partition coefficient (Wildman–Crippen LogP) is 3.87. The molecule has 42 heavy (non-hydrogen) atoms. The number of nitrogen functional groups attached to an aromatic ring is 1. The van der Waals surface area contributed by atoms with Crippen LogP contribution in [0.5, 0.6) is 6.01 Å². The van der Waals surface area contributed by atoms with Crippen LogP contribution in [0.25, 0.3) is 32.1 Å². The summed E-state index contributed by atoms with van der Waals surface area (Å²) in [5.41, 5.74) is 9.42. The van der Waals surface area contributed by atoms with Gasteiger partial charge in [-0.3, -0.25) is 0 Å². The number of hydrogen-bond acceptors (Lipinski definition) is 11. The fourth-order valence-corrected chi connectivity index (χ4v) is 7.77. The van der Waals surface area contributed by atoms with Crippen LogP contribution in [-0.4, -0.2) is 67.7 Å². The molecule has 4 aliphatic rings. The lowest BCUT2D eigenvalue weighted by Gasteiger charge is -2.37. The number of hydrogen-bond donors (Lipinski definition) is 2. The number of fused-ring (bicyclic) bond motifs is 6. The van der Waals surface area contributed by atoms with Crippen LogP contribution in [0.3, 0.4) is 0 Å². The van der Waals surface area contributed by atoms with Gasteiger partial charge >= 0.3 is 6.01 Å². The Kier molecular flexibility index (Phi) is 6.38. The molecule has 0 aliphatic carbocycles. The first-order valence-electron chi connectivity index (χ1n) is 14.3. The summed E-state index contributed by atoms with van der Waals surface area (Å²) < 4.78 is 41.3. The largest absolute Gasteiger partial charge is 0.461 e. The van der Waals surface area contributed by atoms with Gasteiger partial charge in [0.05, 0.1) is 55.1 Å². The Labute approximate surface area is 245 Å². The van der Waals surface area contributed by atoms with Gasteiger partial charge in [0.1, 0.15) is 24.0 Å². The number of nitrogens with zero attached hydrogens (tertiary/aromatic N) is 4. The van der Waals surface area contributed by atoms with Gasteiger partial charge in [-0.05, 0) is 47.7 Å². The number of rotatable bonds is 5. The average Bonchev–Trinajstić information content (AvgIpc) is 3.70. The van der Waals surface area contributed by atoms with E-state index in [0.29, 0.717) is 59.3 Å². The second kappa shape index (κ2) is 10.3. The van der Waals surface area contributed by atoms with Gasteiger partial charge in [-0.15, -0.1) is 11.3 Å². The standard InChI is InChI=1S/C30H29FN6O4S/c31-27-25(20-5-15(8-32)6-23-19(20)7-24(33)42-23)21-13-39-14-22(21)26-28(27)35-30(41-12-18-11-38-3-4-40-18)36-29(26)37-16-1-2-17(37)10-34-9-16/h5-7,16-18,34H,1-4,9-14,33H2/t16?,17?,18-/m1/s1. The summed E-state index contributed by atoms with van der Waals surface area (Å²) >= 11 is 1.38. The lowest BCUT2D eigenvalue weighted by Crippen LogP contribution is -2.52. The number of benzene rings is 2. The van der Waals surface area contributed by atoms with Crippen LogP contribution in [0.4, 0.5) is 15.2 Å². The molecule has 3 saturated heterocycles. The Morgan fingerprint density at radius 2 is 1.95 bits per heavy atom. The molecule has 2 unspecified atom stereocenters. The second-order valence-electron chi connectivity index (χ2n) is 11.2. The molecule has 0 spiro atoms. The first kappa shape index (κ1) is 26.1. The second-order valence-corrected chi connectivity index (χ2v) is 12.3. The Morgan fingerprint density at radius 3 is 2.74 bits per heavy atom. The van der Waals surface area contributed by atoms with E-state index in [1.807, 2.05) is 6.07 Å². The monoisotopic (exact) mass is 588 g/mol. The van der Waals surface area contributed by atoms with Gasteiger partial charge in [0.2, 0.25) is 0 Å². The summed E-state index contributed by atoms with van der Waals surface area (Å²) in [4.78, 5) is 12.0. The molecule has 10 nitrogen and oxygen atoms in total. The third kappa shape index (κ3) is 4.19. The lowest BCUT2D eigenvalue weighted by atomic mass is 9.90. The summed E-state index contributed by atoms with van der Waals surface area (Å²) in [6, 6.07) is 8.17. The van der Waals surface area contributed by atoms with Crippen molar-refractivity contribution >= 4 is 43.1 Å². The van der Waals surface area contributed by atoms with Crippen molar-refractivity contribution in [2.45, 2.75) is 44.2 Å². The zero-order chi connectivity index (χ0) is 28.4. The molecule has 0 saturated carbocycles. The van der Waals surface area contributed by atoms with Gasteiger partial charge in [0.25, 0.3) is 0 Å². The van der Waals surface area contributed by atoms with Gasteiger partial charge in [-0.2, -0.15) is 15.2 Å². The Bertz CT molecular complexity index is 1750. The highest BCUT2D eigenvalue weighted by molar-refractivity contribution is 7.22. The third-order valence-electron chi connectivity index (χ3n) is 8.72. The summed E-state index contributed by atoms with van der Waals surface area (Å²) in [6.45, 7) is 3.90. The Hall–Kier alpha value is -3.60. The molecule has 6 heterocycles. The molecule has 4 aromatic rings. The smallest absolute Gasteiger partial charge is 0.319 e. The highest BCUT2D eigenvalue weighted by Gasteiger charge is 2.40. The molecule has 0 amide bonds. The van der Waals surface area contributed by atoms with E-state index in [1.54, 1.807) is 12.1 Å². The average molecular weight is 589 g/mol. The van der Waals surface area contributed by atoms with Crippen molar-refractivity contribution in [3.8, 4) is 23.2 Å². The number of thiophene rings is 1. The molecule has 2 aromatic carbocycles. The number of ether oxygens (including phenoxy) is 4. The van der Waals surface area contributed by atoms with E-state index in [9.17, 15) is 5.26 Å². The minimum absolute atomic E-state index is 0.101. The number of nitrogens with one attached hydrogen (secondary N) is 1. The van der Waals surface area contributed by atoms with Crippen LogP contribution in [-0.2, 0) is 27.4 Å². The SMILES string of the molecule is N#Cc1cc(-c2c3c(c4c(N5C6CCC5CNC6)nc(OC[C@H]5COCCO5)nc4c2F)COC3)c2cc(N)sc2c1. The van der Waals surface area contributed by atoms with Crippen molar-refractivity contribution in [1.29, 1.82) is 5.26 Å². The van der Waals surface area contributed by atoms with E-state index in [4.69, 9.17) is 29.7 Å². The molecule has 3 atom stereocenters. The zero-order valence-electron chi connectivity index (χ0n) is 22.8. The molecule has 3 N–H and O–H groups in total. The number of anilines is 2. The van der Waals surface area contributed by atoms with E-state index in [1.165, 1.54) is 11.3 Å². The van der Waals surface area contributed by atoms with Crippen LogP contribution in [0.1, 0.15) is 29.5 Å². The first-order valence-corrected chi connectivity index (χ1v) is 15.1. The molecule has 2 bridgehead atoms. The molecule has 12 heteroatoms. The quantitative estimate of drug-likeness (QED) is 0.355. The maximum atomic E-state index is 17.1.